The standard InChI is InChI=1S/C6H13FN2.2ClH/c7-6(5-8)1-3-9-4-2-6;;/h9H,1-5,8H2;2*1H. The second kappa shape index (κ2) is 6.00. The summed E-state index contributed by atoms with van der Waals surface area (Å²) in [5.41, 5.74) is 4.17. The van der Waals surface area contributed by atoms with Gasteiger partial charge < -0.3 is 11.1 Å². The van der Waals surface area contributed by atoms with Crippen LogP contribution in [-0.4, -0.2) is 25.3 Å². The van der Waals surface area contributed by atoms with E-state index in [0.29, 0.717) is 12.8 Å². The molecule has 3 N–H and O–H groups in total. The average molecular weight is 205 g/mol. The Labute approximate surface area is 78.9 Å². The average Bonchev–Trinajstić information content (AvgIpc) is 1.90. The predicted octanol–water partition coefficient (Wildman–Crippen LogP) is 0.880. The van der Waals surface area contributed by atoms with Gasteiger partial charge >= 0.3 is 0 Å². The molecule has 1 heterocycles. The Morgan fingerprint density at radius 3 is 2.00 bits per heavy atom. The largest absolute Gasteiger partial charge is 0.328 e. The molecule has 11 heavy (non-hydrogen) atoms. The maximum absolute atomic E-state index is 13.1. The molecule has 1 rings (SSSR count). The van der Waals surface area contributed by atoms with E-state index >= 15 is 0 Å². The lowest BCUT2D eigenvalue weighted by Crippen LogP contribution is -2.43. The Morgan fingerprint density at radius 2 is 1.73 bits per heavy atom. The zero-order chi connectivity index (χ0) is 6.74. The summed E-state index contributed by atoms with van der Waals surface area (Å²) in [7, 11) is 0. The lowest BCUT2D eigenvalue weighted by atomic mass is 9.95. The van der Waals surface area contributed by atoms with E-state index in [1.54, 1.807) is 0 Å². The topological polar surface area (TPSA) is 38.0 Å². The minimum absolute atomic E-state index is 0. The van der Waals surface area contributed by atoms with E-state index in [0.717, 1.165) is 13.1 Å². The Balaban J connectivity index is 0. The summed E-state index contributed by atoms with van der Waals surface area (Å²) >= 11 is 0. The van der Waals surface area contributed by atoms with Crippen molar-refractivity contribution in [1.82, 2.24) is 5.32 Å². The molecule has 5 heteroatoms. The molecule has 0 atom stereocenters. The summed E-state index contributed by atoms with van der Waals surface area (Å²) in [6.45, 7) is 1.72. The predicted molar refractivity (Wildman–Crippen MR) is 49.5 cm³/mol. The lowest BCUT2D eigenvalue weighted by Gasteiger charge is -2.28. The van der Waals surface area contributed by atoms with Gasteiger partial charge in [-0.05, 0) is 25.9 Å². The fourth-order valence-electron chi connectivity index (χ4n) is 1.08. The van der Waals surface area contributed by atoms with Gasteiger partial charge in [0.25, 0.3) is 0 Å². The van der Waals surface area contributed by atoms with Crippen LogP contribution >= 0.6 is 24.8 Å². The first kappa shape index (κ1) is 14.0. The molecule has 0 aliphatic carbocycles. The molecule has 1 fully saturated rings. The molecule has 1 aliphatic rings. The van der Waals surface area contributed by atoms with Crippen LogP contribution in [-0.2, 0) is 0 Å². The lowest BCUT2D eigenvalue weighted by molar-refractivity contribution is 0.126. The quantitative estimate of drug-likeness (QED) is 0.666. The number of piperidine rings is 1. The summed E-state index contributed by atoms with van der Waals surface area (Å²) in [5, 5.41) is 3.08. The van der Waals surface area contributed by atoms with Gasteiger partial charge in [-0.15, -0.1) is 24.8 Å². The van der Waals surface area contributed by atoms with E-state index in [1.807, 2.05) is 0 Å². The van der Waals surface area contributed by atoms with E-state index in [4.69, 9.17) is 5.73 Å². The normalized spacial score (nSPS) is 21.3. The van der Waals surface area contributed by atoms with Gasteiger partial charge in [-0.1, -0.05) is 0 Å². The summed E-state index contributed by atoms with van der Waals surface area (Å²) in [4.78, 5) is 0. The van der Waals surface area contributed by atoms with E-state index in [9.17, 15) is 4.39 Å². The highest BCUT2D eigenvalue weighted by molar-refractivity contribution is 5.85. The van der Waals surface area contributed by atoms with Crippen LogP contribution in [0, 0.1) is 0 Å². The highest BCUT2D eigenvalue weighted by Gasteiger charge is 2.29. The maximum atomic E-state index is 13.1. The minimum atomic E-state index is -1.06. The van der Waals surface area contributed by atoms with Crippen LogP contribution in [0.3, 0.4) is 0 Å². The van der Waals surface area contributed by atoms with Crippen molar-refractivity contribution in [3.63, 3.8) is 0 Å². The van der Waals surface area contributed by atoms with Gasteiger partial charge in [0.15, 0.2) is 0 Å². The van der Waals surface area contributed by atoms with E-state index in [1.165, 1.54) is 0 Å². The molecular weight excluding hydrogens is 190 g/mol. The van der Waals surface area contributed by atoms with Gasteiger partial charge in [-0.25, -0.2) is 4.39 Å². The number of halogens is 3. The Hall–Kier alpha value is 0.430. The van der Waals surface area contributed by atoms with Crippen LogP contribution in [0.4, 0.5) is 4.39 Å². The summed E-state index contributed by atoms with van der Waals surface area (Å²) < 4.78 is 13.1. The smallest absolute Gasteiger partial charge is 0.125 e. The number of hydrogen-bond acceptors (Lipinski definition) is 2. The second-order valence-electron chi connectivity index (χ2n) is 2.61. The Morgan fingerprint density at radius 1 is 1.27 bits per heavy atom. The summed E-state index contributed by atoms with van der Waals surface area (Å²) in [6.07, 6.45) is 1.15. The molecule has 1 aliphatic heterocycles. The number of hydrogen-bond donors (Lipinski definition) is 2. The molecule has 0 aromatic heterocycles. The first-order valence-corrected chi connectivity index (χ1v) is 3.36. The van der Waals surface area contributed by atoms with Crippen LogP contribution in [0.25, 0.3) is 0 Å². The highest BCUT2D eigenvalue weighted by Crippen LogP contribution is 2.20. The maximum Gasteiger partial charge on any atom is 0.125 e. The van der Waals surface area contributed by atoms with Crippen molar-refractivity contribution in [3.8, 4) is 0 Å². The van der Waals surface area contributed by atoms with Gasteiger partial charge in [0.1, 0.15) is 5.67 Å². The van der Waals surface area contributed by atoms with E-state index in [-0.39, 0.29) is 31.4 Å². The fourth-order valence-corrected chi connectivity index (χ4v) is 1.08. The molecule has 0 aromatic carbocycles. The van der Waals surface area contributed by atoms with E-state index < -0.39 is 5.67 Å². The molecule has 2 nitrogen and oxygen atoms in total. The zero-order valence-corrected chi connectivity index (χ0v) is 7.94. The van der Waals surface area contributed by atoms with Crippen molar-refractivity contribution in [3.05, 3.63) is 0 Å². The van der Waals surface area contributed by atoms with Crippen molar-refractivity contribution >= 4 is 24.8 Å². The number of rotatable bonds is 1. The first-order chi connectivity index (χ1) is 4.27. The molecule has 0 spiro atoms. The molecule has 0 saturated carbocycles. The van der Waals surface area contributed by atoms with Crippen molar-refractivity contribution in [2.24, 2.45) is 5.73 Å². The molecule has 0 radical (unpaired) electrons. The molecule has 0 bridgehead atoms. The highest BCUT2D eigenvalue weighted by atomic mass is 35.5. The number of alkyl halides is 1. The van der Waals surface area contributed by atoms with Crippen molar-refractivity contribution in [2.45, 2.75) is 18.5 Å². The molecule has 70 valence electrons. The molecule has 1 saturated heterocycles. The summed E-state index contributed by atoms with van der Waals surface area (Å²) in [5.74, 6) is 0. The second-order valence-corrected chi connectivity index (χ2v) is 2.61. The molecular formula is C6H15Cl2FN2. The Kier molecular flexibility index (Phi) is 7.63. The zero-order valence-electron chi connectivity index (χ0n) is 6.31. The van der Waals surface area contributed by atoms with E-state index in [2.05, 4.69) is 5.32 Å². The van der Waals surface area contributed by atoms with Crippen LogP contribution in [0.2, 0.25) is 0 Å². The van der Waals surface area contributed by atoms with Crippen LogP contribution in [0.1, 0.15) is 12.8 Å². The van der Waals surface area contributed by atoms with Crippen molar-refractivity contribution < 1.29 is 4.39 Å². The molecule has 0 amide bonds. The van der Waals surface area contributed by atoms with Crippen LogP contribution in [0.5, 0.6) is 0 Å². The third-order valence-electron chi connectivity index (χ3n) is 1.87. The summed E-state index contributed by atoms with van der Waals surface area (Å²) in [6, 6.07) is 0. The van der Waals surface area contributed by atoms with Gasteiger partial charge in [-0.2, -0.15) is 0 Å². The van der Waals surface area contributed by atoms with Crippen molar-refractivity contribution in [2.75, 3.05) is 19.6 Å². The molecule has 0 unspecified atom stereocenters. The number of nitrogens with two attached hydrogens (primary N) is 1. The van der Waals surface area contributed by atoms with Gasteiger partial charge in [0.2, 0.25) is 0 Å². The monoisotopic (exact) mass is 204 g/mol. The fraction of sp³-hybridized carbons (Fsp3) is 1.00. The van der Waals surface area contributed by atoms with Gasteiger partial charge in [0, 0.05) is 6.54 Å². The molecule has 0 aromatic rings. The van der Waals surface area contributed by atoms with Crippen molar-refractivity contribution in [1.29, 1.82) is 0 Å². The SMILES string of the molecule is Cl.Cl.NCC1(F)CCNCC1. The number of nitrogens with one attached hydrogen (secondary N) is 1. The van der Waals surface area contributed by atoms with Crippen LogP contribution < -0.4 is 11.1 Å². The first-order valence-electron chi connectivity index (χ1n) is 3.36. The van der Waals surface area contributed by atoms with Gasteiger partial charge in [-0.3, -0.25) is 0 Å². The third-order valence-corrected chi connectivity index (χ3v) is 1.87. The third kappa shape index (κ3) is 4.11. The van der Waals surface area contributed by atoms with Crippen LogP contribution in [0.15, 0.2) is 0 Å². The van der Waals surface area contributed by atoms with Gasteiger partial charge in [0.05, 0.1) is 0 Å². The minimum Gasteiger partial charge on any atom is -0.328 e. The Bertz CT molecular complexity index is 96.6.